The molecule has 0 radical (unpaired) electrons. The quantitative estimate of drug-likeness (QED) is 0.818. The van der Waals surface area contributed by atoms with Gasteiger partial charge in [-0.05, 0) is 25.8 Å². The van der Waals surface area contributed by atoms with Gasteiger partial charge in [-0.1, -0.05) is 0 Å². The van der Waals surface area contributed by atoms with Crippen LogP contribution in [0.3, 0.4) is 0 Å². The van der Waals surface area contributed by atoms with Crippen molar-refractivity contribution >= 4 is 17.3 Å². The van der Waals surface area contributed by atoms with Gasteiger partial charge in [-0.3, -0.25) is 4.79 Å². The molecule has 5 nitrogen and oxygen atoms in total. The summed E-state index contributed by atoms with van der Waals surface area (Å²) in [4.78, 5) is 14.1. The molecule has 1 aromatic carbocycles. The number of fused-ring (bicyclic) bond motifs is 1. The van der Waals surface area contributed by atoms with E-state index < -0.39 is 0 Å². The summed E-state index contributed by atoms with van der Waals surface area (Å²) in [6, 6.07) is 6.07. The van der Waals surface area contributed by atoms with Crippen LogP contribution in [0.2, 0.25) is 0 Å². The first-order chi connectivity index (χ1) is 9.69. The number of nitrogens with one attached hydrogen (secondary N) is 1. The van der Waals surface area contributed by atoms with Crippen molar-refractivity contribution in [1.29, 1.82) is 0 Å². The highest BCUT2D eigenvalue weighted by Gasteiger charge is 2.40. The van der Waals surface area contributed by atoms with Crippen molar-refractivity contribution in [1.82, 2.24) is 5.32 Å². The molecule has 3 rings (SSSR count). The van der Waals surface area contributed by atoms with Crippen LogP contribution in [0.5, 0.6) is 5.75 Å². The van der Waals surface area contributed by atoms with Crippen molar-refractivity contribution in [2.45, 2.75) is 25.8 Å². The molecule has 5 heteroatoms. The van der Waals surface area contributed by atoms with Gasteiger partial charge in [0.2, 0.25) is 5.91 Å². The molecular formula is C15H21N3O2. The summed E-state index contributed by atoms with van der Waals surface area (Å²) >= 11 is 0. The molecule has 2 fully saturated rings. The van der Waals surface area contributed by atoms with Crippen molar-refractivity contribution in [2.24, 2.45) is 5.92 Å². The zero-order valence-corrected chi connectivity index (χ0v) is 11.8. The summed E-state index contributed by atoms with van der Waals surface area (Å²) in [7, 11) is 0. The topological polar surface area (TPSA) is 67.6 Å². The number of nitrogens with two attached hydrogens (primary N) is 1. The Bertz CT molecular complexity index is 518. The average Bonchev–Trinajstić information content (AvgIpc) is 2.80. The summed E-state index contributed by atoms with van der Waals surface area (Å²) in [6.07, 6.45) is 2.01. The highest BCUT2D eigenvalue weighted by molar-refractivity contribution is 5.83. The number of carbonyl (C=O) groups is 1. The normalized spacial score (nSPS) is 25.2. The number of anilines is 2. The Morgan fingerprint density at radius 1 is 1.45 bits per heavy atom. The SMILES string of the molecule is CCOc1cc(N)cc(N2CCCC3C(=O)NCC32)c1. The molecule has 3 N–H and O–H groups in total. The summed E-state index contributed by atoms with van der Waals surface area (Å²) < 4.78 is 5.56. The van der Waals surface area contributed by atoms with Crippen LogP contribution in [0.15, 0.2) is 18.2 Å². The maximum Gasteiger partial charge on any atom is 0.225 e. The number of rotatable bonds is 3. The third-order valence-corrected chi connectivity index (χ3v) is 4.16. The molecule has 2 aliphatic rings. The molecular weight excluding hydrogens is 254 g/mol. The average molecular weight is 275 g/mol. The molecule has 2 atom stereocenters. The van der Waals surface area contributed by atoms with Crippen LogP contribution >= 0.6 is 0 Å². The maximum absolute atomic E-state index is 11.8. The number of hydrogen-bond acceptors (Lipinski definition) is 4. The van der Waals surface area contributed by atoms with Gasteiger partial charge in [-0.15, -0.1) is 0 Å². The first-order valence-electron chi connectivity index (χ1n) is 7.26. The number of piperidine rings is 1. The molecule has 0 aromatic heterocycles. The fourth-order valence-electron chi connectivity index (χ4n) is 3.29. The minimum atomic E-state index is 0.112. The molecule has 108 valence electrons. The molecule has 2 heterocycles. The lowest BCUT2D eigenvalue weighted by molar-refractivity contribution is -0.122. The van der Waals surface area contributed by atoms with Gasteiger partial charge in [0.15, 0.2) is 0 Å². The van der Waals surface area contributed by atoms with Gasteiger partial charge in [0.1, 0.15) is 5.75 Å². The molecule has 20 heavy (non-hydrogen) atoms. The van der Waals surface area contributed by atoms with E-state index in [9.17, 15) is 4.79 Å². The zero-order chi connectivity index (χ0) is 14.1. The van der Waals surface area contributed by atoms with Crippen molar-refractivity contribution < 1.29 is 9.53 Å². The van der Waals surface area contributed by atoms with E-state index in [1.54, 1.807) is 0 Å². The Kier molecular flexibility index (Phi) is 3.42. The lowest BCUT2D eigenvalue weighted by Gasteiger charge is -2.38. The minimum Gasteiger partial charge on any atom is -0.494 e. The van der Waals surface area contributed by atoms with Crippen LogP contribution in [-0.2, 0) is 4.79 Å². The Hall–Kier alpha value is -1.91. The largest absolute Gasteiger partial charge is 0.494 e. The highest BCUT2D eigenvalue weighted by atomic mass is 16.5. The second kappa shape index (κ2) is 5.23. The summed E-state index contributed by atoms with van der Waals surface area (Å²) in [6.45, 7) is 4.27. The molecule has 2 saturated heterocycles. The summed E-state index contributed by atoms with van der Waals surface area (Å²) in [5.41, 5.74) is 7.73. The van der Waals surface area contributed by atoms with Crippen LogP contribution in [0, 0.1) is 5.92 Å². The number of nitrogen functional groups attached to an aromatic ring is 1. The molecule has 0 aliphatic carbocycles. The Morgan fingerprint density at radius 3 is 3.10 bits per heavy atom. The van der Waals surface area contributed by atoms with E-state index in [1.807, 2.05) is 25.1 Å². The van der Waals surface area contributed by atoms with Gasteiger partial charge < -0.3 is 20.7 Å². The van der Waals surface area contributed by atoms with E-state index >= 15 is 0 Å². The van der Waals surface area contributed by atoms with E-state index in [0.29, 0.717) is 12.3 Å². The van der Waals surface area contributed by atoms with Gasteiger partial charge in [0.05, 0.1) is 18.6 Å². The molecule has 1 aromatic rings. The second-order valence-electron chi connectivity index (χ2n) is 5.45. The Labute approximate surface area is 119 Å². The Morgan fingerprint density at radius 2 is 2.30 bits per heavy atom. The number of nitrogens with zero attached hydrogens (tertiary/aromatic N) is 1. The molecule has 0 spiro atoms. The predicted octanol–water partition coefficient (Wildman–Crippen LogP) is 1.38. The first kappa shape index (κ1) is 13.1. The molecule has 1 amide bonds. The molecule has 0 bridgehead atoms. The van der Waals surface area contributed by atoms with Crippen LogP contribution in [0.25, 0.3) is 0 Å². The summed E-state index contributed by atoms with van der Waals surface area (Å²) in [5, 5.41) is 2.97. The predicted molar refractivity (Wildman–Crippen MR) is 78.9 cm³/mol. The van der Waals surface area contributed by atoms with Gasteiger partial charge >= 0.3 is 0 Å². The second-order valence-corrected chi connectivity index (χ2v) is 5.45. The van der Waals surface area contributed by atoms with Gasteiger partial charge in [0.25, 0.3) is 0 Å². The van der Waals surface area contributed by atoms with E-state index in [1.165, 1.54) is 0 Å². The van der Waals surface area contributed by atoms with Crippen LogP contribution in [0.1, 0.15) is 19.8 Å². The van der Waals surface area contributed by atoms with Crippen LogP contribution in [-0.4, -0.2) is 31.6 Å². The van der Waals surface area contributed by atoms with E-state index in [0.717, 1.165) is 37.4 Å². The number of ether oxygens (including phenoxy) is 1. The number of carbonyl (C=O) groups excluding carboxylic acids is 1. The monoisotopic (exact) mass is 275 g/mol. The zero-order valence-electron chi connectivity index (χ0n) is 11.8. The molecule has 0 saturated carbocycles. The van der Waals surface area contributed by atoms with Gasteiger partial charge in [-0.25, -0.2) is 0 Å². The van der Waals surface area contributed by atoms with E-state index in [2.05, 4.69) is 10.2 Å². The molecule has 2 aliphatic heterocycles. The van der Waals surface area contributed by atoms with E-state index in [4.69, 9.17) is 10.5 Å². The van der Waals surface area contributed by atoms with Crippen LogP contribution in [0.4, 0.5) is 11.4 Å². The standard InChI is InChI=1S/C15H21N3O2/c1-2-20-12-7-10(16)6-11(8-12)18-5-3-4-13-14(18)9-17-15(13)19/h6-8,13-14H,2-5,9,16H2,1H3,(H,17,19). The lowest BCUT2D eigenvalue weighted by Crippen LogP contribution is -2.45. The fraction of sp³-hybridized carbons (Fsp3) is 0.533. The highest BCUT2D eigenvalue weighted by Crippen LogP contribution is 2.34. The third-order valence-electron chi connectivity index (χ3n) is 4.16. The smallest absolute Gasteiger partial charge is 0.225 e. The number of amides is 1. The van der Waals surface area contributed by atoms with Gasteiger partial charge in [-0.2, -0.15) is 0 Å². The van der Waals surface area contributed by atoms with Crippen LogP contribution < -0.4 is 20.7 Å². The van der Waals surface area contributed by atoms with E-state index in [-0.39, 0.29) is 17.9 Å². The number of hydrogen-bond donors (Lipinski definition) is 2. The molecule has 2 unspecified atom stereocenters. The van der Waals surface area contributed by atoms with Gasteiger partial charge in [0, 0.05) is 36.6 Å². The number of benzene rings is 1. The van der Waals surface area contributed by atoms with Crippen molar-refractivity contribution in [3.63, 3.8) is 0 Å². The van der Waals surface area contributed by atoms with Crippen molar-refractivity contribution in [3.05, 3.63) is 18.2 Å². The summed E-state index contributed by atoms with van der Waals surface area (Å²) in [5.74, 6) is 1.09. The fourth-order valence-corrected chi connectivity index (χ4v) is 3.29. The van der Waals surface area contributed by atoms with Crippen molar-refractivity contribution in [3.8, 4) is 5.75 Å². The van der Waals surface area contributed by atoms with Crippen molar-refractivity contribution in [2.75, 3.05) is 30.3 Å². The minimum absolute atomic E-state index is 0.112. The lowest BCUT2D eigenvalue weighted by atomic mass is 9.91. The third kappa shape index (κ3) is 2.28. The first-order valence-corrected chi connectivity index (χ1v) is 7.26. The maximum atomic E-state index is 11.8. The Balaban J connectivity index is 1.89.